The van der Waals surface area contributed by atoms with Crippen LogP contribution in [-0.2, 0) is 13.0 Å². The van der Waals surface area contributed by atoms with Crippen molar-refractivity contribution in [3.05, 3.63) is 108 Å². The molecule has 0 saturated carbocycles. The van der Waals surface area contributed by atoms with Crippen LogP contribution in [0.1, 0.15) is 38.9 Å². The van der Waals surface area contributed by atoms with Gasteiger partial charge in [0.15, 0.2) is 0 Å². The molecule has 0 spiro atoms. The number of rotatable bonds is 7. The molecule has 160 valence electrons. The molecule has 0 unspecified atom stereocenters. The van der Waals surface area contributed by atoms with Crippen molar-refractivity contribution in [2.75, 3.05) is 10.6 Å². The van der Waals surface area contributed by atoms with E-state index >= 15 is 0 Å². The first kappa shape index (κ1) is 21.0. The van der Waals surface area contributed by atoms with Crippen LogP contribution in [0.2, 0.25) is 0 Å². The summed E-state index contributed by atoms with van der Waals surface area (Å²) in [5, 5.41) is 10.2. The third-order valence-corrected chi connectivity index (χ3v) is 5.02. The minimum absolute atomic E-state index is 0.237. The number of carbonyl (C=O) groups is 2. The molecule has 0 saturated heterocycles. The topological polar surface area (TPSA) is 88.9 Å². The van der Waals surface area contributed by atoms with Crippen LogP contribution in [-0.4, -0.2) is 26.6 Å². The van der Waals surface area contributed by atoms with E-state index in [0.29, 0.717) is 35.5 Å². The van der Waals surface area contributed by atoms with E-state index in [1.54, 1.807) is 55.0 Å². The molecule has 2 heterocycles. The summed E-state index contributed by atoms with van der Waals surface area (Å²) < 4.78 is 1.86. The number of aromatic nitrogens is 3. The van der Waals surface area contributed by atoms with E-state index in [2.05, 4.69) is 20.7 Å². The number of hydrogen-bond acceptors (Lipinski definition) is 4. The Morgan fingerprint density at radius 2 is 1.56 bits per heavy atom. The van der Waals surface area contributed by atoms with E-state index in [1.807, 2.05) is 41.9 Å². The summed E-state index contributed by atoms with van der Waals surface area (Å²) in [6, 6.07) is 20.3. The van der Waals surface area contributed by atoms with Gasteiger partial charge in [-0.25, -0.2) is 0 Å². The molecule has 4 aromatic rings. The SMILES string of the molecule is CCc1c(C(=O)Nc2cccc(NC(=O)c3ccncc3)c2)cnn1Cc1ccccc1. The fourth-order valence-electron chi connectivity index (χ4n) is 3.45. The second kappa shape index (κ2) is 9.70. The fraction of sp³-hybridized carbons (Fsp3) is 0.120. The number of amides is 2. The van der Waals surface area contributed by atoms with Crippen molar-refractivity contribution < 1.29 is 9.59 Å². The molecule has 0 bridgehead atoms. The van der Waals surface area contributed by atoms with Crippen molar-refractivity contribution in [3.63, 3.8) is 0 Å². The van der Waals surface area contributed by atoms with Gasteiger partial charge in [-0.05, 0) is 42.3 Å². The van der Waals surface area contributed by atoms with Gasteiger partial charge in [0.25, 0.3) is 11.8 Å². The first-order valence-electron chi connectivity index (χ1n) is 10.4. The van der Waals surface area contributed by atoms with Crippen LogP contribution in [0.5, 0.6) is 0 Å². The molecule has 0 aliphatic heterocycles. The number of hydrogen-bond donors (Lipinski definition) is 2. The van der Waals surface area contributed by atoms with Gasteiger partial charge in [0.2, 0.25) is 0 Å². The molecule has 0 fully saturated rings. The standard InChI is InChI=1S/C25H23N5O2/c1-2-23-22(16-27-30(23)17-18-7-4-3-5-8-18)25(32)29-21-10-6-9-20(15-21)28-24(31)19-11-13-26-14-12-19/h3-16H,2,17H2,1H3,(H,28,31)(H,29,32). The van der Waals surface area contributed by atoms with Crippen molar-refractivity contribution >= 4 is 23.2 Å². The monoisotopic (exact) mass is 425 g/mol. The first-order valence-corrected chi connectivity index (χ1v) is 10.4. The zero-order valence-corrected chi connectivity index (χ0v) is 17.7. The second-order valence-corrected chi connectivity index (χ2v) is 7.23. The van der Waals surface area contributed by atoms with Gasteiger partial charge in [0, 0.05) is 29.3 Å². The third kappa shape index (κ3) is 4.89. The Morgan fingerprint density at radius 3 is 2.25 bits per heavy atom. The van der Waals surface area contributed by atoms with Crippen molar-refractivity contribution in [2.45, 2.75) is 19.9 Å². The Bertz CT molecular complexity index is 1220. The average Bonchev–Trinajstić information content (AvgIpc) is 3.23. The summed E-state index contributed by atoms with van der Waals surface area (Å²) in [6.45, 7) is 2.61. The fourth-order valence-corrected chi connectivity index (χ4v) is 3.45. The lowest BCUT2D eigenvalue weighted by molar-refractivity contribution is 0.101. The van der Waals surface area contributed by atoms with E-state index < -0.39 is 0 Å². The van der Waals surface area contributed by atoms with Crippen LogP contribution in [0.25, 0.3) is 0 Å². The van der Waals surface area contributed by atoms with Gasteiger partial charge in [-0.15, -0.1) is 0 Å². The molecule has 2 amide bonds. The molecular weight excluding hydrogens is 402 g/mol. The maximum absolute atomic E-state index is 13.0. The predicted octanol–water partition coefficient (Wildman–Crippen LogP) is 4.39. The highest BCUT2D eigenvalue weighted by Gasteiger charge is 2.17. The highest BCUT2D eigenvalue weighted by atomic mass is 16.2. The summed E-state index contributed by atoms with van der Waals surface area (Å²) in [4.78, 5) is 29.2. The van der Waals surface area contributed by atoms with E-state index in [9.17, 15) is 9.59 Å². The second-order valence-electron chi connectivity index (χ2n) is 7.23. The summed E-state index contributed by atoms with van der Waals surface area (Å²) in [7, 11) is 0. The minimum Gasteiger partial charge on any atom is -0.322 e. The van der Waals surface area contributed by atoms with Gasteiger partial charge in [-0.3, -0.25) is 19.3 Å². The molecule has 0 aliphatic carbocycles. The Kier molecular flexibility index (Phi) is 6.36. The molecular formula is C25H23N5O2. The maximum Gasteiger partial charge on any atom is 0.259 e. The van der Waals surface area contributed by atoms with Gasteiger partial charge in [-0.2, -0.15) is 5.10 Å². The number of benzene rings is 2. The van der Waals surface area contributed by atoms with Crippen LogP contribution in [0.4, 0.5) is 11.4 Å². The Morgan fingerprint density at radius 1 is 0.875 bits per heavy atom. The number of carbonyl (C=O) groups excluding carboxylic acids is 2. The first-order chi connectivity index (χ1) is 15.6. The van der Waals surface area contributed by atoms with Crippen molar-refractivity contribution in [2.24, 2.45) is 0 Å². The summed E-state index contributed by atoms with van der Waals surface area (Å²) in [6.07, 6.45) is 5.41. The number of nitrogens with one attached hydrogen (secondary N) is 2. The summed E-state index contributed by atoms with van der Waals surface area (Å²) in [5.74, 6) is -0.481. The van der Waals surface area contributed by atoms with Crippen molar-refractivity contribution in [1.82, 2.24) is 14.8 Å². The molecule has 32 heavy (non-hydrogen) atoms. The predicted molar refractivity (Wildman–Crippen MR) is 124 cm³/mol. The molecule has 7 heteroatoms. The molecule has 0 radical (unpaired) electrons. The van der Waals surface area contributed by atoms with Crippen LogP contribution in [0.3, 0.4) is 0 Å². The lowest BCUT2D eigenvalue weighted by Gasteiger charge is -2.10. The lowest BCUT2D eigenvalue weighted by Crippen LogP contribution is -2.16. The Balaban J connectivity index is 1.47. The number of pyridine rings is 1. The normalized spacial score (nSPS) is 10.5. The van der Waals surface area contributed by atoms with Gasteiger partial charge >= 0.3 is 0 Å². The third-order valence-electron chi connectivity index (χ3n) is 5.02. The van der Waals surface area contributed by atoms with E-state index in [-0.39, 0.29) is 11.8 Å². The number of nitrogens with zero attached hydrogens (tertiary/aromatic N) is 3. The smallest absolute Gasteiger partial charge is 0.259 e. The van der Waals surface area contributed by atoms with Crippen molar-refractivity contribution in [3.8, 4) is 0 Å². The zero-order chi connectivity index (χ0) is 22.3. The van der Waals surface area contributed by atoms with Crippen LogP contribution >= 0.6 is 0 Å². The van der Waals surface area contributed by atoms with Crippen LogP contribution < -0.4 is 10.6 Å². The van der Waals surface area contributed by atoms with Crippen LogP contribution in [0.15, 0.2) is 85.3 Å². The molecule has 2 aromatic carbocycles. The Labute approximate surface area is 186 Å². The van der Waals surface area contributed by atoms with Gasteiger partial charge < -0.3 is 10.6 Å². The molecule has 7 nitrogen and oxygen atoms in total. The quantitative estimate of drug-likeness (QED) is 0.459. The van der Waals surface area contributed by atoms with Crippen LogP contribution in [0, 0.1) is 0 Å². The van der Waals surface area contributed by atoms with Gasteiger partial charge in [0.05, 0.1) is 24.0 Å². The Hall–Kier alpha value is -4.26. The van der Waals surface area contributed by atoms with Crippen molar-refractivity contribution in [1.29, 1.82) is 0 Å². The van der Waals surface area contributed by atoms with Gasteiger partial charge in [-0.1, -0.05) is 43.3 Å². The molecule has 2 N–H and O–H groups in total. The summed E-state index contributed by atoms with van der Waals surface area (Å²) >= 11 is 0. The lowest BCUT2D eigenvalue weighted by atomic mass is 10.1. The highest BCUT2D eigenvalue weighted by Crippen LogP contribution is 2.19. The zero-order valence-electron chi connectivity index (χ0n) is 17.7. The molecule has 2 aromatic heterocycles. The van der Waals surface area contributed by atoms with E-state index in [1.165, 1.54) is 0 Å². The largest absolute Gasteiger partial charge is 0.322 e. The minimum atomic E-state index is -0.244. The average molecular weight is 425 g/mol. The summed E-state index contributed by atoms with van der Waals surface area (Å²) in [5.41, 5.74) is 4.20. The van der Waals surface area contributed by atoms with Gasteiger partial charge in [0.1, 0.15) is 0 Å². The highest BCUT2D eigenvalue weighted by molar-refractivity contribution is 6.06. The molecule has 4 rings (SSSR count). The van der Waals surface area contributed by atoms with E-state index in [0.717, 1.165) is 11.3 Å². The molecule has 0 aliphatic rings. The van der Waals surface area contributed by atoms with E-state index in [4.69, 9.17) is 0 Å². The maximum atomic E-state index is 13.0. The number of anilines is 2. The molecule has 0 atom stereocenters.